The summed E-state index contributed by atoms with van der Waals surface area (Å²) in [5.41, 5.74) is 1.76. The third-order valence-electron chi connectivity index (χ3n) is 5.92. The van der Waals surface area contributed by atoms with Crippen LogP contribution in [-0.2, 0) is 16.6 Å². The molecule has 0 unspecified atom stereocenters. The molecule has 1 saturated heterocycles. The smallest absolute Gasteiger partial charge is 0.253 e. The predicted octanol–water partition coefficient (Wildman–Crippen LogP) is 3.59. The normalized spacial score (nSPS) is 15.9. The minimum Gasteiger partial charge on any atom is -0.337 e. The number of benzene rings is 2. The average molecular weight is 462 g/mol. The molecule has 0 atom stereocenters. The van der Waals surface area contributed by atoms with Crippen molar-refractivity contribution in [3.8, 4) is 0 Å². The third-order valence-corrected chi connectivity index (χ3v) is 7.83. The summed E-state index contributed by atoms with van der Waals surface area (Å²) in [5.74, 6) is -0.567. The SMILES string of the molecule is CCN(Cc1ccc(C(=O)N2CCCN(S(=O)(=O)c3ccc(F)cc3)CC2)cc1)C(C)C. The number of hydrogen-bond acceptors (Lipinski definition) is 4. The second-order valence-corrected chi connectivity index (χ2v) is 10.3. The van der Waals surface area contributed by atoms with Crippen LogP contribution in [0, 0.1) is 5.82 Å². The minimum absolute atomic E-state index is 0.0665. The molecule has 32 heavy (non-hydrogen) atoms. The first kappa shape index (κ1) is 24.4. The zero-order valence-electron chi connectivity index (χ0n) is 19.0. The van der Waals surface area contributed by atoms with Crippen molar-refractivity contribution in [3.63, 3.8) is 0 Å². The summed E-state index contributed by atoms with van der Waals surface area (Å²) >= 11 is 0. The lowest BCUT2D eigenvalue weighted by Gasteiger charge is -2.25. The van der Waals surface area contributed by atoms with E-state index in [1.165, 1.54) is 16.4 Å². The monoisotopic (exact) mass is 461 g/mol. The molecule has 0 radical (unpaired) electrons. The number of nitrogens with zero attached hydrogens (tertiary/aromatic N) is 3. The molecule has 1 aliphatic heterocycles. The molecule has 8 heteroatoms. The zero-order valence-corrected chi connectivity index (χ0v) is 19.8. The molecule has 174 valence electrons. The van der Waals surface area contributed by atoms with Crippen molar-refractivity contribution >= 4 is 15.9 Å². The van der Waals surface area contributed by atoms with Gasteiger partial charge >= 0.3 is 0 Å². The highest BCUT2D eigenvalue weighted by Gasteiger charge is 2.28. The number of rotatable bonds is 7. The molecule has 0 aliphatic carbocycles. The maximum absolute atomic E-state index is 13.2. The number of halogens is 1. The molecule has 0 saturated carbocycles. The predicted molar refractivity (Wildman–Crippen MR) is 123 cm³/mol. The lowest BCUT2D eigenvalue weighted by atomic mass is 10.1. The molecule has 6 nitrogen and oxygen atoms in total. The molecule has 1 fully saturated rings. The Morgan fingerprint density at radius 2 is 1.66 bits per heavy atom. The Hall–Kier alpha value is -2.29. The van der Waals surface area contributed by atoms with Crippen LogP contribution >= 0.6 is 0 Å². The van der Waals surface area contributed by atoms with Gasteiger partial charge in [0.1, 0.15) is 5.82 Å². The summed E-state index contributed by atoms with van der Waals surface area (Å²) in [5, 5.41) is 0. The van der Waals surface area contributed by atoms with Gasteiger partial charge in [0, 0.05) is 44.3 Å². The molecule has 0 bridgehead atoms. The average Bonchev–Trinajstić information content (AvgIpc) is 3.04. The number of carbonyl (C=O) groups excluding carboxylic acids is 1. The number of amides is 1. The maximum Gasteiger partial charge on any atom is 0.253 e. The molecule has 1 heterocycles. The van der Waals surface area contributed by atoms with Crippen molar-refractivity contribution in [2.45, 2.75) is 44.7 Å². The summed E-state index contributed by atoms with van der Waals surface area (Å²) in [6.07, 6.45) is 0.546. The maximum atomic E-state index is 13.2. The van der Waals surface area contributed by atoms with E-state index in [1.54, 1.807) is 4.90 Å². The topological polar surface area (TPSA) is 60.9 Å². The Morgan fingerprint density at radius 3 is 2.25 bits per heavy atom. The van der Waals surface area contributed by atoms with E-state index in [9.17, 15) is 17.6 Å². The van der Waals surface area contributed by atoms with Gasteiger partial charge in [-0.05, 0) is 68.8 Å². The number of sulfonamides is 1. The fourth-order valence-electron chi connectivity index (χ4n) is 3.92. The van der Waals surface area contributed by atoms with Crippen molar-refractivity contribution in [3.05, 3.63) is 65.5 Å². The molecule has 2 aromatic carbocycles. The van der Waals surface area contributed by atoms with Crippen molar-refractivity contribution in [2.24, 2.45) is 0 Å². The van der Waals surface area contributed by atoms with Crippen molar-refractivity contribution in [1.29, 1.82) is 0 Å². The second-order valence-electron chi connectivity index (χ2n) is 8.36. The first-order valence-corrected chi connectivity index (χ1v) is 12.5. The highest BCUT2D eigenvalue weighted by atomic mass is 32.2. The molecule has 0 N–H and O–H groups in total. The van der Waals surface area contributed by atoms with Crippen molar-refractivity contribution in [1.82, 2.24) is 14.1 Å². The molecule has 3 rings (SSSR count). The standard InChI is InChI=1S/C24H32FN3O3S/c1-4-26(19(2)3)18-20-6-8-21(9-7-20)24(29)27-14-5-15-28(17-16-27)32(30,31)23-12-10-22(25)11-13-23/h6-13,19H,4-5,14-18H2,1-3H3. The fraction of sp³-hybridized carbons (Fsp3) is 0.458. The van der Waals surface area contributed by atoms with Gasteiger partial charge in [-0.3, -0.25) is 9.69 Å². The molecular weight excluding hydrogens is 429 g/mol. The molecule has 2 aromatic rings. The van der Waals surface area contributed by atoms with E-state index >= 15 is 0 Å². The van der Waals surface area contributed by atoms with E-state index in [0.29, 0.717) is 37.7 Å². The van der Waals surface area contributed by atoms with Gasteiger partial charge in [0.25, 0.3) is 5.91 Å². The van der Waals surface area contributed by atoms with E-state index in [0.717, 1.165) is 30.8 Å². The Morgan fingerprint density at radius 1 is 1.00 bits per heavy atom. The highest BCUT2D eigenvalue weighted by Crippen LogP contribution is 2.19. The van der Waals surface area contributed by atoms with Gasteiger partial charge in [-0.25, -0.2) is 12.8 Å². The number of carbonyl (C=O) groups is 1. The molecule has 1 aliphatic rings. The van der Waals surface area contributed by atoms with Crippen LogP contribution in [0.4, 0.5) is 4.39 Å². The second kappa shape index (κ2) is 10.6. The van der Waals surface area contributed by atoms with Gasteiger partial charge in [0.05, 0.1) is 4.90 Å². The third kappa shape index (κ3) is 5.74. The van der Waals surface area contributed by atoms with Crippen LogP contribution < -0.4 is 0 Å². The summed E-state index contributed by atoms with van der Waals surface area (Å²) in [7, 11) is -3.72. The van der Waals surface area contributed by atoms with Crippen LogP contribution in [0.5, 0.6) is 0 Å². The largest absolute Gasteiger partial charge is 0.337 e. The van der Waals surface area contributed by atoms with Crippen molar-refractivity contribution < 1.29 is 17.6 Å². The fourth-order valence-corrected chi connectivity index (χ4v) is 5.39. The Balaban J connectivity index is 1.65. The zero-order chi connectivity index (χ0) is 23.3. The summed E-state index contributed by atoms with van der Waals surface area (Å²) in [4.78, 5) is 17.1. The van der Waals surface area contributed by atoms with Gasteiger partial charge < -0.3 is 4.90 Å². The summed E-state index contributed by atoms with van der Waals surface area (Å²) < 4.78 is 40.3. The van der Waals surface area contributed by atoms with Crippen LogP contribution in [0.1, 0.15) is 43.1 Å². The number of hydrogen-bond donors (Lipinski definition) is 0. The van der Waals surface area contributed by atoms with Crippen LogP contribution in [0.15, 0.2) is 53.4 Å². The molecule has 1 amide bonds. The Kier molecular flexibility index (Phi) is 8.03. The van der Waals surface area contributed by atoms with Crippen molar-refractivity contribution in [2.75, 3.05) is 32.7 Å². The minimum atomic E-state index is -3.72. The van der Waals surface area contributed by atoms with Crippen LogP contribution in [0.2, 0.25) is 0 Å². The van der Waals surface area contributed by atoms with E-state index in [4.69, 9.17) is 0 Å². The van der Waals surface area contributed by atoms with Gasteiger partial charge in [-0.1, -0.05) is 19.1 Å². The summed E-state index contributed by atoms with van der Waals surface area (Å²) in [6.45, 7) is 9.61. The van der Waals surface area contributed by atoms with Gasteiger partial charge in [0.15, 0.2) is 0 Å². The van der Waals surface area contributed by atoms with Gasteiger partial charge in [-0.2, -0.15) is 4.31 Å². The quantitative estimate of drug-likeness (QED) is 0.632. The van der Waals surface area contributed by atoms with Gasteiger partial charge in [0.2, 0.25) is 10.0 Å². The van der Waals surface area contributed by atoms with E-state index < -0.39 is 15.8 Å². The van der Waals surface area contributed by atoms with E-state index in [2.05, 4.69) is 25.7 Å². The highest BCUT2D eigenvalue weighted by molar-refractivity contribution is 7.89. The lowest BCUT2D eigenvalue weighted by molar-refractivity contribution is 0.0764. The van der Waals surface area contributed by atoms with Gasteiger partial charge in [-0.15, -0.1) is 0 Å². The molecular formula is C24H32FN3O3S. The lowest BCUT2D eigenvalue weighted by Crippen LogP contribution is -2.37. The first-order chi connectivity index (χ1) is 15.2. The summed E-state index contributed by atoms with van der Waals surface area (Å²) in [6, 6.07) is 13.0. The first-order valence-electron chi connectivity index (χ1n) is 11.1. The molecule has 0 aromatic heterocycles. The van der Waals surface area contributed by atoms with E-state index in [1.807, 2.05) is 24.3 Å². The Labute approximate surface area is 190 Å². The van der Waals surface area contributed by atoms with Crippen LogP contribution in [0.3, 0.4) is 0 Å². The molecule has 0 spiro atoms. The van der Waals surface area contributed by atoms with Crippen LogP contribution in [0.25, 0.3) is 0 Å². The van der Waals surface area contributed by atoms with E-state index in [-0.39, 0.29) is 17.3 Å². The van der Waals surface area contributed by atoms with Crippen LogP contribution in [-0.4, -0.2) is 67.2 Å². The Bertz CT molecular complexity index is 1010.